The lowest BCUT2D eigenvalue weighted by atomic mass is 10.1. The van der Waals surface area contributed by atoms with Gasteiger partial charge in [-0.2, -0.15) is 0 Å². The SMILES string of the molecule is CC(C)CN(C)c1nc2ccccc2cc1CCN. The van der Waals surface area contributed by atoms with Crippen molar-refractivity contribution in [1.29, 1.82) is 0 Å². The average molecular weight is 257 g/mol. The molecule has 102 valence electrons. The third kappa shape index (κ3) is 3.24. The van der Waals surface area contributed by atoms with Crippen molar-refractivity contribution >= 4 is 16.7 Å². The van der Waals surface area contributed by atoms with Gasteiger partial charge in [-0.05, 0) is 36.6 Å². The summed E-state index contributed by atoms with van der Waals surface area (Å²) in [4.78, 5) is 7.06. The number of anilines is 1. The maximum Gasteiger partial charge on any atom is 0.132 e. The third-order valence-electron chi connectivity index (χ3n) is 3.19. The van der Waals surface area contributed by atoms with Crippen molar-refractivity contribution in [3.63, 3.8) is 0 Å². The lowest BCUT2D eigenvalue weighted by molar-refractivity contribution is 0.633. The van der Waals surface area contributed by atoms with Gasteiger partial charge in [-0.15, -0.1) is 0 Å². The molecule has 1 aromatic carbocycles. The summed E-state index contributed by atoms with van der Waals surface area (Å²) in [5.41, 5.74) is 8.02. The van der Waals surface area contributed by atoms with E-state index in [1.807, 2.05) is 12.1 Å². The Kier molecular flexibility index (Phi) is 4.38. The van der Waals surface area contributed by atoms with Crippen molar-refractivity contribution < 1.29 is 0 Å². The summed E-state index contributed by atoms with van der Waals surface area (Å²) in [5.74, 6) is 1.68. The first-order valence-corrected chi connectivity index (χ1v) is 6.91. The van der Waals surface area contributed by atoms with Gasteiger partial charge in [0.05, 0.1) is 5.52 Å². The Morgan fingerprint density at radius 2 is 2.00 bits per heavy atom. The Balaban J connectivity index is 2.46. The number of rotatable bonds is 5. The Hall–Kier alpha value is -1.61. The smallest absolute Gasteiger partial charge is 0.132 e. The molecule has 0 amide bonds. The van der Waals surface area contributed by atoms with Gasteiger partial charge in [0.1, 0.15) is 5.82 Å². The van der Waals surface area contributed by atoms with Crippen LogP contribution in [0.1, 0.15) is 19.4 Å². The molecular weight excluding hydrogens is 234 g/mol. The molecule has 2 aromatic rings. The highest BCUT2D eigenvalue weighted by atomic mass is 15.2. The number of benzene rings is 1. The molecule has 0 saturated heterocycles. The molecule has 0 aliphatic heterocycles. The number of nitrogens with two attached hydrogens (primary N) is 1. The van der Waals surface area contributed by atoms with E-state index in [0.717, 1.165) is 24.3 Å². The van der Waals surface area contributed by atoms with Gasteiger partial charge in [0, 0.05) is 19.0 Å². The fourth-order valence-corrected chi connectivity index (χ4v) is 2.45. The van der Waals surface area contributed by atoms with Crippen LogP contribution in [0.3, 0.4) is 0 Å². The van der Waals surface area contributed by atoms with Crippen LogP contribution in [0.15, 0.2) is 30.3 Å². The van der Waals surface area contributed by atoms with Crippen LogP contribution in [0.5, 0.6) is 0 Å². The van der Waals surface area contributed by atoms with Crippen LogP contribution in [0, 0.1) is 5.92 Å². The summed E-state index contributed by atoms with van der Waals surface area (Å²) in [6, 6.07) is 10.5. The first kappa shape index (κ1) is 13.8. The molecule has 2 N–H and O–H groups in total. The number of para-hydroxylation sites is 1. The van der Waals surface area contributed by atoms with Gasteiger partial charge in [0.25, 0.3) is 0 Å². The summed E-state index contributed by atoms with van der Waals surface area (Å²) in [7, 11) is 2.11. The standard InChI is InChI=1S/C16H23N3/c1-12(2)11-19(3)16-14(8-9-17)10-13-6-4-5-7-15(13)18-16/h4-7,10,12H,8-9,11,17H2,1-3H3. The zero-order valence-electron chi connectivity index (χ0n) is 12.1. The average Bonchev–Trinajstić information content (AvgIpc) is 2.37. The Labute approximate surface area is 115 Å². The van der Waals surface area contributed by atoms with Crippen molar-refractivity contribution in [3.05, 3.63) is 35.9 Å². The first-order valence-electron chi connectivity index (χ1n) is 6.91. The highest BCUT2D eigenvalue weighted by molar-refractivity contribution is 5.81. The Morgan fingerprint density at radius 3 is 2.68 bits per heavy atom. The van der Waals surface area contributed by atoms with Crippen LogP contribution in [0.4, 0.5) is 5.82 Å². The minimum absolute atomic E-state index is 0.615. The van der Waals surface area contributed by atoms with Crippen molar-refractivity contribution in [2.24, 2.45) is 11.7 Å². The normalized spacial score (nSPS) is 11.2. The molecule has 0 aliphatic rings. The molecular formula is C16H23N3. The maximum absolute atomic E-state index is 5.73. The van der Waals surface area contributed by atoms with E-state index in [2.05, 4.69) is 44.0 Å². The summed E-state index contributed by atoms with van der Waals surface area (Å²) in [6.45, 7) is 6.10. The lowest BCUT2D eigenvalue weighted by Crippen LogP contribution is -2.25. The molecule has 3 heteroatoms. The number of hydrogen-bond donors (Lipinski definition) is 1. The van der Waals surface area contributed by atoms with E-state index in [1.165, 1.54) is 10.9 Å². The molecule has 2 rings (SSSR count). The Morgan fingerprint density at radius 1 is 1.26 bits per heavy atom. The number of pyridine rings is 1. The van der Waals surface area contributed by atoms with Gasteiger partial charge in [0.2, 0.25) is 0 Å². The van der Waals surface area contributed by atoms with Crippen molar-refractivity contribution in [2.75, 3.05) is 25.0 Å². The van der Waals surface area contributed by atoms with E-state index in [1.54, 1.807) is 0 Å². The van der Waals surface area contributed by atoms with Gasteiger partial charge < -0.3 is 10.6 Å². The van der Waals surface area contributed by atoms with E-state index in [-0.39, 0.29) is 0 Å². The monoisotopic (exact) mass is 257 g/mol. The summed E-state index contributed by atoms with van der Waals surface area (Å²) in [5, 5.41) is 1.19. The molecule has 0 bridgehead atoms. The van der Waals surface area contributed by atoms with E-state index in [0.29, 0.717) is 12.5 Å². The molecule has 19 heavy (non-hydrogen) atoms. The molecule has 0 spiro atoms. The first-order chi connectivity index (χ1) is 9.11. The second-order valence-electron chi connectivity index (χ2n) is 5.48. The maximum atomic E-state index is 5.73. The second-order valence-corrected chi connectivity index (χ2v) is 5.48. The second kappa shape index (κ2) is 6.02. The summed E-state index contributed by atoms with van der Waals surface area (Å²) < 4.78 is 0. The molecule has 1 aromatic heterocycles. The van der Waals surface area contributed by atoms with E-state index in [9.17, 15) is 0 Å². The van der Waals surface area contributed by atoms with Crippen LogP contribution < -0.4 is 10.6 Å². The van der Waals surface area contributed by atoms with Crippen molar-refractivity contribution in [3.8, 4) is 0 Å². The number of fused-ring (bicyclic) bond motifs is 1. The molecule has 0 unspecified atom stereocenters. The minimum Gasteiger partial charge on any atom is -0.359 e. The predicted octanol–water partition coefficient (Wildman–Crippen LogP) is 2.83. The lowest BCUT2D eigenvalue weighted by Gasteiger charge is -2.23. The van der Waals surface area contributed by atoms with E-state index >= 15 is 0 Å². The highest BCUT2D eigenvalue weighted by Gasteiger charge is 2.11. The number of aromatic nitrogens is 1. The van der Waals surface area contributed by atoms with Gasteiger partial charge in [-0.3, -0.25) is 0 Å². The van der Waals surface area contributed by atoms with Crippen molar-refractivity contribution in [2.45, 2.75) is 20.3 Å². The fraction of sp³-hybridized carbons (Fsp3) is 0.438. The molecule has 1 heterocycles. The van der Waals surface area contributed by atoms with E-state index in [4.69, 9.17) is 10.7 Å². The summed E-state index contributed by atoms with van der Waals surface area (Å²) in [6.07, 6.45) is 0.871. The van der Waals surface area contributed by atoms with Gasteiger partial charge in [-0.25, -0.2) is 4.98 Å². The van der Waals surface area contributed by atoms with E-state index < -0.39 is 0 Å². The fourth-order valence-electron chi connectivity index (χ4n) is 2.45. The Bertz CT molecular complexity index is 549. The number of hydrogen-bond acceptors (Lipinski definition) is 3. The topological polar surface area (TPSA) is 42.2 Å². The molecule has 0 radical (unpaired) electrons. The molecule has 0 saturated carbocycles. The van der Waals surface area contributed by atoms with Gasteiger partial charge in [-0.1, -0.05) is 32.0 Å². The van der Waals surface area contributed by atoms with Crippen LogP contribution in [0.2, 0.25) is 0 Å². The zero-order valence-corrected chi connectivity index (χ0v) is 12.1. The summed E-state index contributed by atoms with van der Waals surface area (Å²) >= 11 is 0. The van der Waals surface area contributed by atoms with Crippen molar-refractivity contribution in [1.82, 2.24) is 4.98 Å². The predicted molar refractivity (Wildman–Crippen MR) is 82.6 cm³/mol. The van der Waals surface area contributed by atoms with Gasteiger partial charge >= 0.3 is 0 Å². The zero-order chi connectivity index (χ0) is 13.8. The molecule has 0 aliphatic carbocycles. The number of nitrogens with zero attached hydrogens (tertiary/aromatic N) is 2. The minimum atomic E-state index is 0.615. The van der Waals surface area contributed by atoms with Crippen LogP contribution in [0.25, 0.3) is 10.9 Å². The molecule has 0 fully saturated rings. The van der Waals surface area contributed by atoms with Crippen LogP contribution >= 0.6 is 0 Å². The van der Waals surface area contributed by atoms with Gasteiger partial charge in [0.15, 0.2) is 0 Å². The highest BCUT2D eigenvalue weighted by Crippen LogP contribution is 2.23. The molecule has 0 atom stereocenters. The third-order valence-corrected chi connectivity index (χ3v) is 3.19. The van der Waals surface area contributed by atoms with Crippen LogP contribution in [-0.2, 0) is 6.42 Å². The van der Waals surface area contributed by atoms with Crippen LogP contribution in [-0.4, -0.2) is 25.1 Å². The largest absolute Gasteiger partial charge is 0.359 e. The molecule has 3 nitrogen and oxygen atoms in total. The quantitative estimate of drug-likeness (QED) is 0.895.